The monoisotopic (exact) mass is 297 g/mol. The molecule has 0 aromatic heterocycles. The predicted octanol–water partition coefficient (Wildman–Crippen LogP) is 3.99. The van der Waals surface area contributed by atoms with Crippen LogP contribution < -0.4 is 4.74 Å². The molecular weight excluding hydrogens is 284 g/mol. The van der Waals surface area contributed by atoms with Crippen LogP contribution in [0.3, 0.4) is 0 Å². The van der Waals surface area contributed by atoms with Gasteiger partial charge in [0.1, 0.15) is 5.75 Å². The third-order valence-corrected chi connectivity index (χ3v) is 3.89. The Morgan fingerprint density at radius 1 is 1.10 bits per heavy atom. The Labute approximate surface area is 116 Å². The number of para-hydroxylation sites is 1. The van der Waals surface area contributed by atoms with Crippen LogP contribution in [0.2, 0.25) is 0 Å². The third-order valence-electron chi connectivity index (χ3n) is 2.72. The van der Waals surface area contributed by atoms with Crippen LogP contribution in [-0.2, 0) is 9.73 Å². The molecule has 1 N–H and O–H groups in total. The maximum Gasteiger partial charge on any atom is 0.387 e. The van der Waals surface area contributed by atoms with Crippen LogP contribution in [0.1, 0.15) is 0 Å². The lowest BCUT2D eigenvalue weighted by molar-refractivity contribution is -0.0494. The number of hydrogen-bond donors (Lipinski definition) is 1. The Morgan fingerprint density at radius 2 is 1.70 bits per heavy atom. The molecule has 0 amide bonds. The second kappa shape index (κ2) is 5.58. The summed E-state index contributed by atoms with van der Waals surface area (Å²) < 4.78 is 48.3. The topological polar surface area (TPSA) is 50.2 Å². The number of alkyl halides is 2. The Morgan fingerprint density at radius 3 is 2.25 bits per heavy atom. The summed E-state index contributed by atoms with van der Waals surface area (Å²) in [4.78, 5) is 0.397. The fourth-order valence-corrected chi connectivity index (χ4v) is 2.45. The Hall–Kier alpha value is -1.95. The summed E-state index contributed by atoms with van der Waals surface area (Å²) in [6.07, 6.45) is 1.33. The molecule has 0 spiro atoms. The minimum Gasteiger partial charge on any atom is -0.434 e. The molecule has 106 valence electrons. The van der Waals surface area contributed by atoms with Crippen LogP contribution in [0.25, 0.3) is 11.1 Å². The highest BCUT2D eigenvalue weighted by atomic mass is 32.2. The highest BCUT2D eigenvalue weighted by molar-refractivity contribution is 7.91. The lowest BCUT2D eigenvalue weighted by Crippen LogP contribution is -2.03. The molecule has 20 heavy (non-hydrogen) atoms. The van der Waals surface area contributed by atoms with Gasteiger partial charge in [0, 0.05) is 16.7 Å². The van der Waals surface area contributed by atoms with Gasteiger partial charge in [-0.2, -0.15) is 8.78 Å². The minimum absolute atomic E-state index is 0.0818. The second-order valence-corrected chi connectivity index (χ2v) is 6.40. The number of ether oxygens (including phenoxy) is 1. The molecule has 0 radical (unpaired) electrons. The van der Waals surface area contributed by atoms with E-state index in [1.165, 1.54) is 12.3 Å². The Bertz CT molecular complexity index is 697. The summed E-state index contributed by atoms with van der Waals surface area (Å²) in [5.74, 6) is 0.0818. The summed E-state index contributed by atoms with van der Waals surface area (Å²) in [7, 11) is -2.78. The van der Waals surface area contributed by atoms with E-state index in [0.29, 0.717) is 16.0 Å². The van der Waals surface area contributed by atoms with Crippen LogP contribution in [0.4, 0.5) is 8.78 Å². The molecule has 3 nitrogen and oxygen atoms in total. The number of nitrogens with one attached hydrogen (secondary N) is 1. The molecule has 0 aliphatic rings. The van der Waals surface area contributed by atoms with Crippen molar-refractivity contribution >= 4 is 9.73 Å². The first-order valence-electron chi connectivity index (χ1n) is 5.76. The Balaban J connectivity index is 2.42. The average molecular weight is 297 g/mol. The van der Waals surface area contributed by atoms with Crippen molar-refractivity contribution in [3.05, 3.63) is 48.5 Å². The second-order valence-electron chi connectivity index (χ2n) is 4.24. The molecule has 0 aliphatic carbocycles. The van der Waals surface area contributed by atoms with E-state index >= 15 is 0 Å². The van der Waals surface area contributed by atoms with Gasteiger partial charge in [-0.25, -0.2) is 8.99 Å². The zero-order chi connectivity index (χ0) is 14.8. The molecule has 2 aromatic rings. The predicted molar refractivity (Wildman–Crippen MR) is 73.6 cm³/mol. The largest absolute Gasteiger partial charge is 0.434 e. The summed E-state index contributed by atoms with van der Waals surface area (Å²) >= 11 is 0. The van der Waals surface area contributed by atoms with E-state index in [1.54, 1.807) is 42.5 Å². The van der Waals surface area contributed by atoms with Crippen molar-refractivity contribution in [3.63, 3.8) is 0 Å². The number of halogens is 2. The molecule has 0 saturated heterocycles. The highest BCUT2D eigenvalue weighted by Gasteiger charge is 2.11. The van der Waals surface area contributed by atoms with Gasteiger partial charge in [0.05, 0.1) is 9.73 Å². The normalized spacial score (nSPS) is 14.0. The molecule has 0 saturated carbocycles. The lowest BCUT2D eigenvalue weighted by Gasteiger charge is -2.11. The summed E-state index contributed by atoms with van der Waals surface area (Å²) in [5.41, 5.74) is 1.18. The molecule has 6 heteroatoms. The van der Waals surface area contributed by atoms with Gasteiger partial charge in [-0.1, -0.05) is 30.3 Å². The molecule has 2 aromatic carbocycles. The first-order valence-corrected chi connectivity index (χ1v) is 7.72. The van der Waals surface area contributed by atoms with Crippen LogP contribution in [0.5, 0.6) is 5.75 Å². The van der Waals surface area contributed by atoms with Gasteiger partial charge in [-0.05, 0) is 23.8 Å². The van der Waals surface area contributed by atoms with E-state index in [4.69, 9.17) is 4.78 Å². The van der Waals surface area contributed by atoms with E-state index in [2.05, 4.69) is 4.74 Å². The van der Waals surface area contributed by atoms with E-state index in [9.17, 15) is 13.0 Å². The van der Waals surface area contributed by atoms with E-state index in [1.807, 2.05) is 0 Å². The van der Waals surface area contributed by atoms with E-state index in [0.717, 1.165) is 0 Å². The molecular formula is C14H13F2NO2S. The zero-order valence-electron chi connectivity index (χ0n) is 10.7. The average Bonchev–Trinajstić information content (AvgIpc) is 2.38. The van der Waals surface area contributed by atoms with Crippen molar-refractivity contribution in [3.8, 4) is 16.9 Å². The quantitative estimate of drug-likeness (QED) is 0.927. The van der Waals surface area contributed by atoms with Crippen LogP contribution in [0, 0.1) is 4.78 Å². The SMILES string of the molecule is CS(=N)(=O)c1ccc(-c2ccccc2OC(F)F)cc1. The van der Waals surface area contributed by atoms with Crippen molar-refractivity contribution in [1.29, 1.82) is 4.78 Å². The number of hydrogen-bond acceptors (Lipinski definition) is 3. The van der Waals surface area contributed by atoms with Gasteiger partial charge in [0.25, 0.3) is 0 Å². The molecule has 1 unspecified atom stereocenters. The number of rotatable bonds is 4. The van der Waals surface area contributed by atoms with Gasteiger partial charge in [-0.3, -0.25) is 0 Å². The maximum atomic E-state index is 12.4. The van der Waals surface area contributed by atoms with Gasteiger partial charge in [0.15, 0.2) is 0 Å². The standard InChI is InChI=1S/C14H13F2NO2S/c1-20(17,18)11-8-6-10(7-9-11)12-4-2-3-5-13(12)19-14(15)16/h2-9,14,17H,1H3. The fraction of sp³-hybridized carbons (Fsp3) is 0.143. The van der Waals surface area contributed by atoms with Crippen LogP contribution in [0.15, 0.2) is 53.4 Å². The Kier molecular flexibility index (Phi) is 4.04. The number of benzene rings is 2. The molecule has 0 fully saturated rings. The van der Waals surface area contributed by atoms with Crippen LogP contribution >= 0.6 is 0 Å². The molecule has 0 bridgehead atoms. The van der Waals surface area contributed by atoms with Crippen LogP contribution in [-0.4, -0.2) is 17.1 Å². The first kappa shape index (κ1) is 14.5. The summed E-state index contributed by atoms with van der Waals surface area (Å²) in [6, 6.07) is 12.8. The van der Waals surface area contributed by atoms with Crippen molar-refractivity contribution in [1.82, 2.24) is 0 Å². The first-order chi connectivity index (χ1) is 9.38. The zero-order valence-corrected chi connectivity index (χ0v) is 11.5. The van der Waals surface area contributed by atoms with E-state index in [-0.39, 0.29) is 5.75 Å². The third kappa shape index (κ3) is 3.33. The molecule has 0 aliphatic heterocycles. The van der Waals surface area contributed by atoms with E-state index < -0.39 is 16.3 Å². The van der Waals surface area contributed by atoms with Gasteiger partial charge in [0.2, 0.25) is 0 Å². The highest BCUT2D eigenvalue weighted by Crippen LogP contribution is 2.31. The van der Waals surface area contributed by atoms with Crippen molar-refractivity contribution in [2.24, 2.45) is 0 Å². The fourth-order valence-electron chi connectivity index (χ4n) is 1.80. The molecule has 1 atom stereocenters. The van der Waals surface area contributed by atoms with Gasteiger partial charge in [-0.15, -0.1) is 0 Å². The summed E-state index contributed by atoms with van der Waals surface area (Å²) in [6.45, 7) is -2.89. The molecule has 2 rings (SSSR count). The van der Waals surface area contributed by atoms with Crippen molar-refractivity contribution in [2.75, 3.05) is 6.26 Å². The summed E-state index contributed by atoms with van der Waals surface area (Å²) in [5, 5.41) is 0. The van der Waals surface area contributed by atoms with Gasteiger partial charge < -0.3 is 4.74 Å². The lowest BCUT2D eigenvalue weighted by atomic mass is 10.1. The maximum absolute atomic E-state index is 12.4. The van der Waals surface area contributed by atoms with Gasteiger partial charge >= 0.3 is 6.61 Å². The van der Waals surface area contributed by atoms with Crippen molar-refractivity contribution < 1.29 is 17.7 Å². The molecule has 0 heterocycles. The van der Waals surface area contributed by atoms with Crippen molar-refractivity contribution in [2.45, 2.75) is 11.5 Å². The smallest absolute Gasteiger partial charge is 0.387 e. The minimum atomic E-state index is -2.89.